The van der Waals surface area contributed by atoms with Crippen LogP contribution >= 0.6 is 0 Å². The molecule has 0 radical (unpaired) electrons. The van der Waals surface area contributed by atoms with Gasteiger partial charge in [0.2, 0.25) is 5.91 Å². The largest absolute Gasteiger partial charge is 0.353 e. The maximum atomic E-state index is 11.3. The topological polar surface area (TPSA) is 29.1 Å². The van der Waals surface area contributed by atoms with E-state index in [0.29, 0.717) is 12.5 Å². The molecule has 15 heavy (non-hydrogen) atoms. The van der Waals surface area contributed by atoms with Gasteiger partial charge in [-0.05, 0) is 31.1 Å². The van der Waals surface area contributed by atoms with Gasteiger partial charge < -0.3 is 5.32 Å². The number of hydrogen-bond acceptors (Lipinski definition) is 1. The van der Waals surface area contributed by atoms with Crippen molar-refractivity contribution in [3.63, 3.8) is 0 Å². The molecule has 1 fully saturated rings. The highest BCUT2D eigenvalue weighted by atomic mass is 16.1. The van der Waals surface area contributed by atoms with E-state index in [4.69, 9.17) is 0 Å². The minimum absolute atomic E-state index is 0.213. The Bertz CT molecular complexity index is 201. The molecule has 1 N–H and O–H groups in total. The lowest BCUT2D eigenvalue weighted by Gasteiger charge is -2.30. The quantitative estimate of drug-likeness (QED) is 0.760. The van der Waals surface area contributed by atoms with Crippen LogP contribution in [0.15, 0.2) is 0 Å². The molecule has 0 bridgehead atoms. The van der Waals surface area contributed by atoms with Crippen molar-refractivity contribution in [2.45, 2.75) is 65.3 Å². The first kappa shape index (κ1) is 12.5. The van der Waals surface area contributed by atoms with Gasteiger partial charge in [0, 0.05) is 12.5 Å². The molecule has 0 spiro atoms. The van der Waals surface area contributed by atoms with Crippen molar-refractivity contribution in [3.8, 4) is 0 Å². The average Bonchev–Trinajstić information content (AvgIpc) is 2.17. The van der Waals surface area contributed by atoms with Crippen LogP contribution in [0, 0.1) is 11.8 Å². The van der Waals surface area contributed by atoms with Crippen molar-refractivity contribution in [2.24, 2.45) is 11.8 Å². The molecule has 0 aromatic heterocycles. The van der Waals surface area contributed by atoms with Gasteiger partial charge in [0.25, 0.3) is 0 Å². The summed E-state index contributed by atoms with van der Waals surface area (Å²) in [6.45, 7) is 6.49. The van der Waals surface area contributed by atoms with E-state index in [1.165, 1.54) is 32.1 Å². The minimum Gasteiger partial charge on any atom is -0.353 e. The first-order valence-corrected chi connectivity index (χ1v) is 6.41. The van der Waals surface area contributed by atoms with Gasteiger partial charge >= 0.3 is 0 Å². The molecule has 2 unspecified atom stereocenters. The van der Waals surface area contributed by atoms with E-state index in [9.17, 15) is 4.79 Å². The third-order valence-corrected chi connectivity index (χ3v) is 3.27. The second-order valence-corrected chi connectivity index (χ2v) is 5.28. The molecule has 2 atom stereocenters. The Morgan fingerprint density at radius 3 is 2.73 bits per heavy atom. The third-order valence-electron chi connectivity index (χ3n) is 3.27. The van der Waals surface area contributed by atoms with E-state index >= 15 is 0 Å². The SMILES string of the molecule is CCC(=O)NC1CCCC(CC(C)C)C1. The first-order valence-electron chi connectivity index (χ1n) is 6.41. The van der Waals surface area contributed by atoms with Gasteiger partial charge in [-0.2, -0.15) is 0 Å². The summed E-state index contributed by atoms with van der Waals surface area (Å²) in [5.74, 6) is 1.83. The zero-order valence-corrected chi connectivity index (χ0v) is 10.4. The lowest BCUT2D eigenvalue weighted by Crippen LogP contribution is -2.38. The summed E-state index contributed by atoms with van der Waals surface area (Å²) in [5, 5.41) is 3.13. The van der Waals surface area contributed by atoms with Crippen LogP contribution in [0.3, 0.4) is 0 Å². The number of amides is 1. The molecule has 1 amide bonds. The fourth-order valence-corrected chi connectivity index (χ4v) is 2.63. The molecule has 0 aromatic rings. The van der Waals surface area contributed by atoms with Crippen LogP contribution in [-0.4, -0.2) is 11.9 Å². The molecular weight excluding hydrogens is 186 g/mol. The highest BCUT2D eigenvalue weighted by molar-refractivity contribution is 5.75. The first-order chi connectivity index (χ1) is 7.11. The van der Waals surface area contributed by atoms with Crippen LogP contribution in [0.5, 0.6) is 0 Å². The lowest BCUT2D eigenvalue weighted by molar-refractivity contribution is -0.121. The Kier molecular flexibility index (Phi) is 5.13. The lowest BCUT2D eigenvalue weighted by atomic mass is 9.81. The summed E-state index contributed by atoms with van der Waals surface area (Å²) in [5.41, 5.74) is 0. The molecular formula is C13H25NO. The smallest absolute Gasteiger partial charge is 0.219 e. The molecule has 1 aliphatic rings. The van der Waals surface area contributed by atoms with Gasteiger partial charge in [-0.25, -0.2) is 0 Å². The maximum Gasteiger partial charge on any atom is 0.219 e. The maximum absolute atomic E-state index is 11.3. The molecule has 1 aliphatic carbocycles. The summed E-state index contributed by atoms with van der Waals surface area (Å²) >= 11 is 0. The molecule has 2 nitrogen and oxygen atoms in total. The fraction of sp³-hybridized carbons (Fsp3) is 0.923. The van der Waals surface area contributed by atoms with Crippen molar-refractivity contribution >= 4 is 5.91 Å². The number of hydrogen-bond donors (Lipinski definition) is 1. The molecule has 0 saturated heterocycles. The highest BCUT2D eigenvalue weighted by Gasteiger charge is 2.23. The van der Waals surface area contributed by atoms with Crippen LogP contribution < -0.4 is 5.32 Å². The van der Waals surface area contributed by atoms with E-state index in [-0.39, 0.29) is 5.91 Å². The number of carbonyl (C=O) groups is 1. The van der Waals surface area contributed by atoms with Crippen molar-refractivity contribution in [1.29, 1.82) is 0 Å². The second kappa shape index (κ2) is 6.14. The van der Waals surface area contributed by atoms with Gasteiger partial charge in [0.05, 0.1) is 0 Å². The predicted molar refractivity (Wildman–Crippen MR) is 63.6 cm³/mol. The van der Waals surface area contributed by atoms with Crippen LogP contribution in [0.2, 0.25) is 0 Å². The number of nitrogens with one attached hydrogen (secondary N) is 1. The highest BCUT2D eigenvalue weighted by Crippen LogP contribution is 2.29. The summed E-state index contributed by atoms with van der Waals surface area (Å²) in [7, 11) is 0. The van der Waals surface area contributed by atoms with E-state index < -0.39 is 0 Å². The molecule has 0 aliphatic heterocycles. The molecule has 88 valence electrons. The van der Waals surface area contributed by atoms with E-state index in [1.54, 1.807) is 0 Å². The van der Waals surface area contributed by atoms with Gasteiger partial charge in [0.15, 0.2) is 0 Å². The van der Waals surface area contributed by atoms with Gasteiger partial charge in [-0.3, -0.25) is 4.79 Å². The third kappa shape index (κ3) is 4.67. The Labute approximate surface area is 93.8 Å². The number of rotatable bonds is 4. The molecule has 0 aromatic carbocycles. The van der Waals surface area contributed by atoms with Crippen LogP contribution in [-0.2, 0) is 4.79 Å². The Morgan fingerprint density at radius 2 is 2.13 bits per heavy atom. The summed E-state index contributed by atoms with van der Waals surface area (Å²) in [6, 6.07) is 0.454. The molecule has 1 rings (SSSR count). The summed E-state index contributed by atoms with van der Waals surface area (Å²) < 4.78 is 0. The molecule has 2 heteroatoms. The second-order valence-electron chi connectivity index (χ2n) is 5.28. The monoisotopic (exact) mass is 211 g/mol. The van der Waals surface area contributed by atoms with Crippen molar-refractivity contribution in [1.82, 2.24) is 5.32 Å². The average molecular weight is 211 g/mol. The Morgan fingerprint density at radius 1 is 1.40 bits per heavy atom. The van der Waals surface area contributed by atoms with E-state index in [2.05, 4.69) is 19.2 Å². The fourth-order valence-electron chi connectivity index (χ4n) is 2.63. The standard InChI is InChI=1S/C13H25NO/c1-4-13(15)14-12-7-5-6-11(9-12)8-10(2)3/h10-12H,4-9H2,1-3H3,(H,14,15). The van der Waals surface area contributed by atoms with Crippen molar-refractivity contribution in [3.05, 3.63) is 0 Å². The van der Waals surface area contributed by atoms with E-state index in [1.807, 2.05) is 6.92 Å². The van der Waals surface area contributed by atoms with Gasteiger partial charge in [0.1, 0.15) is 0 Å². The zero-order chi connectivity index (χ0) is 11.3. The number of carbonyl (C=O) groups excluding carboxylic acids is 1. The molecule has 1 saturated carbocycles. The van der Waals surface area contributed by atoms with Crippen molar-refractivity contribution < 1.29 is 4.79 Å². The predicted octanol–water partition coefficient (Wildman–Crippen LogP) is 3.12. The normalized spacial score (nSPS) is 26.7. The minimum atomic E-state index is 0.213. The summed E-state index contributed by atoms with van der Waals surface area (Å²) in [6.07, 6.45) is 6.96. The van der Waals surface area contributed by atoms with Gasteiger partial charge in [-0.1, -0.05) is 33.6 Å². The zero-order valence-electron chi connectivity index (χ0n) is 10.4. The van der Waals surface area contributed by atoms with Crippen LogP contribution in [0.25, 0.3) is 0 Å². The Balaban J connectivity index is 2.32. The van der Waals surface area contributed by atoms with Crippen LogP contribution in [0.1, 0.15) is 59.3 Å². The summed E-state index contributed by atoms with van der Waals surface area (Å²) in [4.78, 5) is 11.3. The van der Waals surface area contributed by atoms with Gasteiger partial charge in [-0.15, -0.1) is 0 Å². The van der Waals surface area contributed by atoms with E-state index in [0.717, 1.165) is 11.8 Å². The van der Waals surface area contributed by atoms with Crippen molar-refractivity contribution in [2.75, 3.05) is 0 Å². The van der Waals surface area contributed by atoms with Crippen LogP contribution in [0.4, 0.5) is 0 Å². The Hall–Kier alpha value is -0.530. The molecule has 0 heterocycles.